The van der Waals surface area contributed by atoms with Gasteiger partial charge >= 0.3 is 0 Å². The number of aromatic nitrogens is 16. The summed E-state index contributed by atoms with van der Waals surface area (Å²) in [5.41, 5.74) is 11.2. The van der Waals surface area contributed by atoms with Gasteiger partial charge < -0.3 is 57.1 Å². The Hall–Kier alpha value is -12.4. The zero-order chi connectivity index (χ0) is 96.2. The number of amides is 8. The number of methoxy groups -OCH3 is 2. The number of nitrogens with one attached hydrogen (secondary N) is 8. The van der Waals surface area contributed by atoms with Crippen LogP contribution in [0.15, 0.2) is 122 Å². The van der Waals surface area contributed by atoms with Crippen LogP contribution in [0, 0.1) is 5.92 Å². The molecule has 12 rings (SSSR count). The van der Waals surface area contributed by atoms with Gasteiger partial charge in [-0.2, -0.15) is 20.4 Å². The van der Waals surface area contributed by atoms with E-state index in [9.17, 15) is 38.4 Å². The lowest BCUT2D eigenvalue weighted by atomic mass is 9.92. The number of hydrogen-bond donors (Lipinski definition) is 9. The first-order chi connectivity index (χ1) is 62.4. The summed E-state index contributed by atoms with van der Waals surface area (Å²) in [6.07, 6.45) is 21.1. The van der Waals surface area contributed by atoms with E-state index in [-0.39, 0.29) is 108 Å². The van der Waals surface area contributed by atoms with E-state index in [1.807, 2.05) is 109 Å². The molecule has 0 spiro atoms. The molecule has 12 aromatic heterocycles. The highest BCUT2D eigenvalue weighted by Gasteiger charge is 2.26. The molecule has 8 amide bonds. The van der Waals surface area contributed by atoms with Crippen LogP contribution in [0.5, 0.6) is 0 Å². The molecule has 39 heteroatoms. The van der Waals surface area contributed by atoms with Crippen molar-refractivity contribution in [3.8, 4) is 0 Å². The van der Waals surface area contributed by atoms with E-state index < -0.39 is 12.5 Å². The summed E-state index contributed by atoms with van der Waals surface area (Å²) < 4.78 is 16.8. The second-order valence-electron chi connectivity index (χ2n) is 35.8. The Bertz CT molecular complexity index is 5890. The third-order valence-corrected chi connectivity index (χ3v) is 23.9. The minimum atomic E-state index is -0.584. The summed E-state index contributed by atoms with van der Waals surface area (Å²) in [5, 5.41) is 51.6. The third kappa shape index (κ3) is 34.1. The molecule has 0 aliphatic heterocycles. The van der Waals surface area contributed by atoms with E-state index in [4.69, 9.17) is 14.6 Å². The van der Waals surface area contributed by atoms with Crippen molar-refractivity contribution in [1.29, 1.82) is 0 Å². The number of aliphatic hydroxyl groups excluding tert-OH is 1. The standard InChI is InChI=1S/C24H32N6O3S.C24H32N6O2S.C23H30N6O3S.C22H28N6O3S/c1-24(2,3)19-13-17(30(4)29-19)14-22(32)28-23-26-15-18(34-23)7-6-16-8-10-25-20(12-16)27-21(31)9-11-33-5;1-15(2)22(32)27-20-11-16(9-10-25-20)7-8-18-14-26-23(33-18)28-21(31)13-17-12-19(24(3,4)5)29-30(17)6;1-23(2,3)18-11-16(29(4)28-18)12-20(30)27-22-25-13-17(33-22)7-6-15-8-9-24-19(10-15)26-21(31)14-32-5;1-22(2,3)17-10-15(28(4)27-17)11-19(30)26-21-24-12-16(32-21)6-5-14-7-8-23-18(9-14)25-20(31)13-29/h8,10,12-13,15H,6-7,9,11,14H2,1-5H3,(H,25,27,31)(H,26,28,32);9-12,14-15H,7-8,13H2,1-6H3,(H,25,27,32)(H,26,28,31);8-11,13H,6-7,12,14H2,1-5H3,(H,24,26,31)(H,25,27,30);7-10,12,29H,5-6,11,13H2,1-4H3,(H,23,25,31)(H,24,26,30). The highest BCUT2D eigenvalue weighted by Crippen LogP contribution is 2.30. The van der Waals surface area contributed by atoms with Gasteiger partial charge in [0.2, 0.25) is 35.4 Å². The number of nitrogens with zero attached hydrogens (tertiary/aromatic N) is 16. The number of hydrogen-bond acceptors (Lipinski definition) is 27. The minimum Gasteiger partial charge on any atom is -0.387 e. The van der Waals surface area contributed by atoms with Gasteiger partial charge in [0.15, 0.2) is 20.5 Å². The molecule has 0 radical (unpaired) electrons. The number of pyridine rings is 4. The zero-order valence-electron chi connectivity index (χ0n) is 78.8. The Balaban J connectivity index is 0.000000198. The third-order valence-electron chi connectivity index (χ3n) is 20.0. The van der Waals surface area contributed by atoms with E-state index >= 15 is 0 Å². The second-order valence-corrected chi connectivity index (χ2v) is 40.3. The average molecular weight is 1880 g/mol. The number of ether oxygens (including phenoxy) is 2. The SMILES string of the molecule is CC(C)C(=O)Nc1cc(CCc2cnc(NC(=O)Cc3cc(C(C)(C)C)nn3C)s2)ccn1.COCC(=O)Nc1cc(CCc2cnc(NC(=O)Cc3cc(C(C)(C)C)nn3C)s2)ccn1.COCCC(=O)Nc1cc(CCc2cnc(NC(=O)Cc3cc(C(C)(C)C)nn3C)s2)ccn1.Cn1nc(C(C)(C)C)cc1CC(=O)Nc1ncc(CCc2ccnc(NC(=O)CO)c2)s1. The maximum Gasteiger partial charge on any atom is 0.251 e. The minimum absolute atomic E-state index is 0.0143. The number of carbonyl (C=O) groups is 8. The molecule has 0 saturated heterocycles. The maximum atomic E-state index is 12.5. The molecule has 0 aliphatic rings. The summed E-state index contributed by atoms with van der Waals surface area (Å²) in [6.45, 7) is 28.6. The van der Waals surface area contributed by atoms with Crippen molar-refractivity contribution in [1.82, 2.24) is 79.0 Å². The van der Waals surface area contributed by atoms with E-state index in [2.05, 4.69) is 186 Å². The predicted octanol–water partition coefficient (Wildman–Crippen LogP) is 13.2. The molecule has 0 bridgehead atoms. The number of rotatable bonds is 35. The fourth-order valence-corrected chi connectivity index (χ4v) is 15.7. The lowest BCUT2D eigenvalue weighted by molar-refractivity contribution is -0.120. The molecule has 0 aromatic carbocycles. The maximum absolute atomic E-state index is 12.5. The molecule has 0 aliphatic carbocycles. The van der Waals surface area contributed by atoms with Gasteiger partial charge in [-0.15, -0.1) is 45.3 Å². The Morgan fingerprint density at radius 1 is 0.348 bits per heavy atom. The lowest BCUT2D eigenvalue weighted by Crippen LogP contribution is -2.18. The Morgan fingerprint density at radius 2 is 0.614 bits per heavy atom. The van der Waals surface area contributed by atoms with Crippen molar-refractivity contribution >= 4 is 136 Å². The van der Waals surface area contributed by atoms with Gasteiger partial charge in [-0.25, -0.2) is 39.9 Å². The molecular weight excluding hydrogens is 1760 g/mol. The average Bonchev–Trinajstić information content (AvgIpc) is 1.69. The van der Waals surface area contributed by atoms with Crippen LogP contribution in [-0.4, -0.2) is 165 Å². The van der Waals surface area contributed by atoms with Gasteiger partial charge in [-0.1, -0.05) is 96.9 Å². The highest BCUT2D eigenvalue weighted by atomic mass is 32.1. The zero-order valence-corrected chi connectivity index (χ0v) is 82.0. The Morgan fingerprint density at radius 3 is 0.856 bits per heavy atom. The van der Waals surface area contributed by atoms with Gasteiger partial charge in [0.1, 0.15) is 36.5 Å². The van der Waals surface area contributed by atoms with E-state index in [1.165, 1.54) is 52.5 Å². The second kappa shape index (κ2) is 48.1. The summed E-state index contributed by atoms with van der Waals surface area (Å²) >= 11 is 5.83. The fraction of sp³-hybridized carbons (Fsp3) is 0.441. The van der Waals surface area contributed by atoms with Gasteiger partial charge in [0.05, 0.1) is 61.5 Å². The quantitative estimate of drug-likeness (QED) is 0.0178. The first-order valence-electron chi connectivity index (χ1n) is 43.1. The van der Waals surface area contributed by atoms with Crippen LogP contribution in [0.1, 0.15) is 191 Å². The van der Waals surface area contributed by atoms with Gasteiger partial charge in [-0.05, 0) is 146 Å². The summed E-state index contributed by atoms with van der Waals surface area (Å²) in [5.74, 6) is 0.486. The van der Waals surface area contributed by atoms with Crippen LogP contribution in [0.4, 0.5) is 43.8 Å². The molecule has 0 saturated carbocycles. The van der Waals surface area contributed by atoms with Gasteiger partial charge in [-0.3, -0.25) is 57.1 Å². The normalized spacial score (nSPS) is 11.5. The molecule has 12 heterocycles. The van der Waals surface area contributed by atoms with Crippen LogP contribution in [-0.2, 0) is 175 Å². The predicted molar refractivity (Wildman–Crippen MR) is 517 cm³/mol. The van der Waals surface area contributed by atoms with Crippen molar-refractivity contribution < 1.29 is 52.9 Å². The first kappa shape index (κ1) is 103. The molecule has 704 valence electrons. The van der Waals surface area contributed by atoms with Gasteiger partial charge in [0, 0.05) is 162 Å². The number of anilines is 8. The molecule has 0 fully saturated rings. The highest BCUT2D eigenvalue weighted by molar-refractivity contribution is 7.16. The first-order valence-corrected chi connectivity index (χ1v) is 46.4. The van der Waals surface area contributed by atoms with Crippen LogP contribution < -0.4 is 42.5 Å². The van der Waals surface area contributed by atoms with Crippen LogP contribution in [0.25, 0.3) is 0 Å². The van der Waals surface area contributed by atoms with Crippen LogP contribution >= 0.6 is 45.3 Å². The molecule has 35 nitrogen and oxygen atoms in total. The van der Waals surface area contributed by atoms with Crippen molar-refractivity contribution in [2.45, 2.75) is 202 Å². The smallest absolute Gasteiger partial charge is 0.251 e. The molecule has 0 atom stereocenters. The summed E-state index contributed by atoms with van der Waals surface area (Å²) in [4.78, 5) is 135. The Kier molecular flexibility index (Phi) is 37.7. The molecular formula is C93H122N24O11S4. The van der Waals surface area contributed by atoms with E-state index in [1.54, 1.807) is 81.5 Å². The summed E-state index contributed by atoms with van der Waals surface area (Å²) in [7, 11) is 10.4. The lowest BCUT2D eigenvalue weighted by Gasteiger charge is -2.13. The number of carbonyl (C=O) groups excluding carboxylic acids is 8. The number of thiazole rings is 4. The van der Waals surface area contributed by atoms with Gasteiger partial charge in [0.25, 0.3) is 11.8 Å². The van der Waals surface area contributed by atoms with Crippen LogP contribution in [0.3, 0.4) is 0 Å². The Labute approximate surface area is 785 Å². The monoisotopic (exact) mass is 1880 g/mol. The van der Waals surface area contributed by atoms with E-state index in [0.717, 1.165) is 139 Å². The van der Waals surface area contributed by atoms with Crippen LogP contribution in [0.2, 0.25) is 0 Å². The molecule has 12 aromatic rings. The fourth-order valence-electron chi connectivity index (χ4n) is 12.4. The van der Waals surface area contributed by atoms with Crippen molar-refractivity contribution in [3.05, 3.63) is 210 Å². The van der Waals surface area contributed by atoms with Crippen molar-refractivity contribution in [2.24, 2.45) is 34.1 Å². The van der Waals surface area contributed by atoms with Crippen molar-refractivity contribution in [2.75, 3.05) is 76.6 Å². The topological polar surface area (TPSA) is 446 Å². The van der Waals surface area contributed by atoms with Crippen molar-refractivity contribution in [3.63, 3.8) is 0 Å². The van der Waals surface area contributed by atoms with E-state index in [0.29, 0.717) is 50.4 Å². The molecule has 0 unspecified atom stereocenters. The molecule has 9 N–H and O–H groups in total. The summed E-state index contributed by atoms with van der Waals surface area (Å²) in [6, 6.07) is 22.9. The molecule has 132 heavy (non-hydrogen) atoms. The number of aliphatic hydroxyl groups is 1. The number of aryl methyl sites for hydroxylation is 12. The largest absolute Gasteiger partial charge is 0.387 e.